The van der Waals surface area contributed by atoms with Gasteiger partial charge in [0.25, 0.3) is 0 Å². The van der Waals surface area contributed by atoms with Gasteiger partial charge in [0.2, 0.25) is 12.1 Å². The van der Waals surface area contributed by atoms with Crippen LogP contribution in [0.1, 0.15) is 13.8 Å². The number of ether oxygens (including phenoxy) is 2. The van der Waals surface area contributed by atoms with Crippen molar-refractivity contribution in [3.8, 4) is 0 Å². The van der Waals surface area contributed by atoms with Gasteiger partial charge < -0.3 is 19.9 Å². The minimum Gasteiger partial charge on any atom is -0.479 e. The Morgan fingerprint density at radius 2 is 1.93 bits per heavy atom. The summed E-state index contributed by atoms with van der Waals surface area (Å²) in [5.74, 6) is -1.50. The molecule has 0 unspecified atom stereocenters. The maximum absolute atomic E-state index is 11.1. The van der Waals surface area contributed by atoms with E-state index in [4.69, 9.17) is 0 Å². The first-order valence-corrected chi connectivity index (χ1v) is 4.10. The van der Waals surface area contributed by atoms with Crippen LogP contribution in [0.4, 0.5) is 0 Å². The summed E-state index contributed by atoms with van der Waals surface area (Å²) in [5.41, 5.74) is -0.399. The Labute approximate surface area is 81.5 Å². The molecule has 0 saturated heterocycles. The molecule has 0 fully saturated rings. The van der Waals surface area contributed by atoms with Gasteiger partial charge in [0, 0.05) is 0 Å². The number of rotatable bonds is 6. The molecule has 0 aromatic rings. The predicted octanol–water partition coefficient (Wildman–Crippen LogP) is 0.0591. The van der Waals surface area contributed by atoms with Gasteiger partial charge in [-0.1, -0.05) is 0 Å². The van der Waals surface area contributed by atoms with Gasteiger partial charge in [-0.05, 0) is 13.8 Å². The van der Waals surface area contributed by atoms with Crippen molar-refractivity contribution in [2.75, 3.05) is 13.2 Å². The van der Waals surface area contributed by atoms with Crippen LogP contribution in [-0.2, 0) is 19.1 Å². The zero-order valence-corrected chi connectivity index (χ0v) is 8.07. The molecule has 0 heterocycles. The molecular weight excluding hydrogens is 190 g/mol. The number of nitrogens with one attached hydrogen (secondary N) is 1. The smallest absolute Gasteiger partial charge is 0.362 e. The molecule has 6 nitrogen and oxygen atoms in total. The van der Waals surface area contributed by atoms with Crippen LogP contribution in [0.25, 0.3) is 0 Å². The lowest BCUT2D eigenvalue weighted by Gasteiger charge is -2.07. The van der Waals surface area contributed by atoms with E-state index in [1.807, 2.05) is 5.32 Å². The highest BCUT2D eigenvalue weighted by molar-refractivity contribution is 5.90. The first-order valence-electron chi connectivity index (χ1n) is 4.10. The number of aliphatic hydroxyl groups is 1. The molecule has 0 aliphatic heterocycles. The third-order valence-corrected chi connectivity index (χ3v) is 1.18. The van der Waals surface area contributed by atoms with Crippen LogP contribution in [0.5, 0.6) is 0 Å². The summed E-state index contributed by atoms with van der Waals surface area (Å²) in [6.07, 6.45) is 0.251. The number of hydrogen-bond acceptors (Lipinski definition) is 5. The van der Waals surface area contributed by atoms with Gasteiger partial charge in [-0.25, -0.2) is 4.79 Å². The van der Waals surface area contributed by atoms with Gasteiger partial charge >= 0.3 is 11.9 Å². The Kier molecular flexibility index (Phi) is 5.93. The zero-order valence-electron chi connectivity index (χ0n) is 8.07. The molecule has 0 aromatic carbocycles. The lowest BCUT2D eigenvalue weighted by atomic mass is 10.4. The molecule has 80 valence electrons. The monoisotopic (exact) mass is 203 g/mol. The molecule has 1 amide bonds. The number of esters is 1. The lowest BCUT2D eigenvalue weighted by Crippen LogP contribution is -2.24. The van der Waals surface area contributed by atoms with E-state index in [-0.39, 0.29) is 19.6 Å². The molecule has 0 spiro atoms. The highest BCUT2D eigenvalue weighted by Crippen LogP contribution is 2.01. The van der Waals surface area contributed by atoms with Crippen molar-refractivity contribution in [2.45, 2.75) is 13.8 Å². The van der Waals surface area contributed by atoms with Crippen molar-refractivity contribution in [2.24, 2.45) is 0 Å². The van der Waals surface area contributed by atoms with Crippen molar-refractivity contribution in [1.29, 1.82) is 0 Å². The largest absolute Gasteiger partial charge is 0.479 e. The van der Waals surface area contributed by atoms with Crippen LogP contribution in [0.2, 0.25) is 0 Å². The molecule has 0 aliphatic rings. The quantitative estimate of drug-likeness (QED) is 0.276. The minimum atomic E-state index is -0.842. The van der Waals surface area contributed by atoms with Gasteiger partial charge in [0.1, 0.15) is 0 Å². The molecule has 0 aliphatic carbocycles. The molecular formula is C8H13NO5. The van der Waals surface area contributed by atoms with Crippen molar-refractivity contribution in [1.82, 2.24) is 5.32 Å². The van der Waals surface area contributed by atoms with Gasteiger partial charge in [0.15, 0.2) is 0 Å². The second-order valence-corrected chi connectivity index (χ2v) is 2.10. The Balaban J connectivity index is 4.63. The molecule has 0 radical (unpaired) electrons. The second-order valence-electron chi connectivity index (χ2n) is 2.10. The fourth-order valence-corrected chi connectivity index (χ4v) is 0.679. The van der Waals surface area contributed by atoms with E-state index in [1.54, 1.807) is 13.8 Å². The SMILES string of the molecule is CCOC(=O)/C(NC=O)=C(/O)OCC. The van der Waals surface area contributed by atoms with E-state index in [0.29, 0.717) is 0 Å². The van der Waals surface area contributed by atoms with E-state index < -0.39 is 17.6 Å². The number of aliphatic hydroxyl groups excluding tert-OH is 1. The average molecular weight is 203 g/mol. The first kappa shape index (κ1) is 12.3. The van der Waals surface area contributed by atoms with Gasteiger partial charge in [-0.15, -0.1) is 0 Å². The summed E-state index contributed by atoms with van der Waals surface area (Å²) >= 11 is 0. The van der Waals surface area contributed by atoms with Gasteiger partial charge in [-0.3, -0.25) is 4.79 Å². The summed E-state index contributed by atoms with van der Waals surface area (Å²) in [6, 6.07) is 0. The first-order chi connectivity index (χ1) is 6.67. The molecule has 2 N–H and O–H groups in total. The minimum absolute atomic E-state index is 0.141. The van der Waals surface area contributed by atoms with Crippen molar-refractivity contribution in [3.05, 3.63) is 11.6 Å². The summed E-state index contributed by atoms with van der Waals surface area (Å²) < 4.78 is 9.20. The van der Waals surface area contributed by atoms with Crippen LogP contribution in [-0.4, -0.2) is 30.7 Å². The molecule has 0 aromatic heterocycles. The number of amides is 1. The third-order valence-electron chi connectivity index (χ3n) is 1.18. The van der Waals surface area contributed by atoms with Crippen molar-refractivity contribution < 1.29 is 24.2 Å². The van der Waals surface area contributed by atoms with Crippen LogP contribution in [0.15, 0.2) is 11.6 Å². The maximum Gasteiger partial charge on any atom is 0.362 e. The highest BCUT2D eigenvalue weighted by Gasteiger charge is 2.17. The van der Waals surface area contributed by atoms with E-state index in [2.05, 4.69) is 9.47 Å². The molecule has 0 rings (SSSR count). The Morgan fingerprint density at radius 3 is 2.36 bits per heavy atom. The predicted molar refractivity (Wildman–Crippen MR) is 47.1 cm³/mol. The Morgan fingerprint density at radius 1 is 1.36 bits per heavy atom. The Hall–Kier alpha value is -1.72. The number of hydrogen-bond donors (Lipinski definition) is 2. The number of carbonyl (C=O) groups is 2. The van der Waals surface area contributed by atoms with E-state index in [9.17, 15) is 14.7 Å². The molecule has 0 bridgehead atoms. The topological polar surface area (TPSA) is 84.9 Å². The summed E-state index contributed by atoms with van der Waals surface area (Å²) in [7, 11) is 0. The van der Waals surface area contributed by atoms with Gasteiger partial charge in [-0.2, -0.15) is 0 Å². The highest BCUT2D eigenvalue weighted by atomic mass is 16.6. The average Bonchev–Trinajstić information content (AvgIpc) is 2.14. The van der Waals surface area contributed by atoms with E-state index in [1.165, 1.54) is 0 Å². The van der Waals surface area contributed by atoms with Crippen LogP contribution < -0.4 is 5.32 Å². The van der Waals surface area contributed by atoms with E-state index >= 15 is 0 Å². The molecule has 14 heavy (non-hydrogen) atoms. The fraction of sp³-hybridized carbons (Fsp3) is 0.500. The fourth-order valence-electron chi connectivity index (χ4n) is 0.679. The van der Waals surface area contributed by atoms with Crippen LogP contribution in [0.3, 0.4) is 0 Å². The third kappa shape index (κ3) is 3.79. The lowest BCUT2D eigenvalue weighted by molar-refractivity contribution is -0.140. The molecule has 6 heteroatoms. The maximum atomic E-state index is 11.1. The van der Waals surface area contributed by atoms with Crippen molar-refractivity contribution in [3.63, 3.8) is 0 Å². The molecule has 0 atom stereocenters. The standard InChI is InChI=1S/C8H13NO5/c1-3-13-7(11)6(9-5-10)8(12)14-4-2/h5,11H,3-4H2,1-2H3,(H,9,10)/b7-6+. The Bertz CT molecular complexity index is 236. The second kappa shape index (κ2) is 6.76. The molecule has 0 saturated carbocycles. The normalized spacial score (nSPS) is 11.3. The summed E-state index contributed by atoms with van der Waals surface area (Å²) in [6.45, 7) is 3.55. The summed E-state index contributed by atoms with van der Waals surface area (Å²) in [5, 5.41) is 11.2. The van der Waals surface area contributed by atoms with Crippen molar-refractivity contribution >= 4 is 12.4 Å². The van der Waals surface area contributed by atoms with E-state index in [0.717, 1.165) is 0 Å². The van der Waals surface area contributed by atoms with Gasteiger partial charge in [0.05, 0.1) is 13.2 Å². The summed E-state index contributed by atoms with van der Waals surface area (Å²) in [4.78, 5) is 21.2. The van der Waals surface area contributed by atoms with Crippen LogP contribution >= 0.6 is 0 Å². The number of carbonyl (C=O) groups excluding carboxylic acids is 2. The van der Waals surface area contributed by atoms with Crippen LogP contribution in [0, 0.1) is 0 Å². The zero-order chi connectivity index (χ0) is 11.0.